The quantitative estimate of drug-likeness (QED) is 0.921. The minimum absolute atomic E-state index is 0.334. The first-order valence-electron chi connectivity index (χ1n) is 6.62. The Morgan fingerprint density at radius 3 is 2.45 bits per heavy atom. The predicted octanol–water partition coefficient (Wildman–Crippen LogP) is 2.38. The van der Waals surface area contributed by atoms with Crippen LogP contribution in [0.15, 0.2) is 42.5 Å². The second-order valence-corrected chi connectivity index (χ2v) is 6.98. The number of hydrogen-bond acceptors (Lipinski definition) is 3. The van der Waals surface area contributed by atoms with E-state index in [0.29, 0.717) is 12.2 Å². The summed E-state index contributed by atoms with van der Waals surface area (Å²) in [5, 5.41) is 10.2. The lowest BCUT2D eigenvalue weighted by molar-refractivity contribution is 0.295. The van der Waals surface area contributed by atoms with Gasteiger partial charge < -0.3 is 5.11 Å². The molecule has 0 amide bonds. The normalized spacial score (nSPS) is 13.3. The summed E-state index contributed by atoms with van der Waals surface area (Å²) in [4.78, 5) is 0. The van der Waals surface area contributed by atoms with Crippen molar-refractivity contribution in [1.29, 1.82) is 0 Å². The van der Waals surface area contributed by atoms with Gasteiger partial charge in [0, 0.05) is 11.9 Å². The lowest BCUT2D eigenvalue weighted by Gasteiger charge is -2.27. The van der Waals surface area contributed by atoms with Crippen molar-refractivity contribution >= 4 is 26.5 Å². The van der Waals surface area contributed by atoms with Crippen LogP contribution in [0.25, 0.3) is 10.8 Å². The Hall–Kier alpha value is -1.59. The van der Waals surface area contributed by atoms with Gasteiger partial charge in [0.15, 0.2) is 0 Å². The van der Waals surface area contributed by atoms with E-state index in [0.717, 1.165) is 10.8 Å². The molecule has 2 aromatic carbocycles. The molecule has 0 radical (unpaired) electrons. The fraction of sp³-hybridized carbons (Fsp3) is 0.333. The average Bonchev–Trinajstić information content (AvgIpc) is 2.47. The Balaban J connectivity index is 2.61. The van der Waals surface area contributed by atoms with Crippen LogP contribution in [0.3, 0.4) is 0 Å². The molecule has 0 bridgehead atoms. The molecular formula is C15H19NO3S. The van der Waals surface area contributed by atoms with Crippen LogP contribution in [0.4, 0.5) is 5.69 Å². The molecule has 0 saturated carbocycles. The van der Waals surface area contributed by atoms with E-state index < -0.39 is 15.3 Å². The van der Waals surface area contributed by atoms with Crippen molar-refractivity contribution in [2.24, 2.45) is 0 Å². The maximum atomic E-state index is 12.5. The zero-order valence-electron chi connectivity index (χ0n) is 11.7. The minimum atomic E-state index is -3.56. The molecular weight excluding hydrogens is 274 g/mol. The summed E-state index contributed by atoms with van der Waals surface area (Å²) >= 11 is 0. The highest BCUT2D eigenvalue weighted by atomic mass is 32.2. The maximum Gasteiger partial charge on any atom is 0.240 e. The SMILES string of the molecule is CCN(c1cccc2ccccc12)S(=O)(=O)C(C)CO. The van der Waals surface area contributed by atoms with Gasteiger partial charge in [-0.15, -0.1) is 0 Å². The Morgan fingerprint density at radius 1 is 1.15 bits per heavy atom. The molecule has 108 valence electrons. The number of nitrogens with zero attached hydrogens (tertiary/aromatic N) is 1. The molecule has 1 unspecified atom stereocenters. The van der Waals surface area contributed by atoms with Gasteiger partial charge in [0.1, 0.15) is 5.25 Å². The summed E-state index contributed by atoms with van der Waals surface area (Å²) in [6.07, 6.45) is 0. The van der Waals surface area contributed by atoms with Gasteiger partial charge in [-0.3, -0.25) is 4.31 Å². The molecule has 0 aliphatic rings. The molecule has 0 saturated heterocycles. The molecule has 20 heavy (non-hydrogen) atoms. The molecule has 2 aromatic rings. The summed E-state index contributed by atoms with van der Waals surface area (Å²) < 4.78 is 26.4. The topological polar surface area (TPSA) is 57.6 Å². The molecule has 0 aromatic heterocycles. The standard InChI is InChI=1S/C15H19NO3S/c1-3-16(20(18,19)12(2)11-17)15-10-6-8-13-7-4-5-9-14(13)15/h4-10,12,17H,3,11H2,1-2H3. The first-order chi connectivity index (χ1) is 9.52. The van der Waals surface area contributed by atoms with Gasteiger partial charge in [-0.25, -0.2) is 8.42 Å². The number of rotatable bonds is 5. The molecule has 0 spiro atoms. The minimum Gasteiger partial charge on any atom is -0.395 e. The van der Waals surface area contributed by atoms with Crippen molar-refractivity contribution in [1.82, 2.24) is 0 Å². The number of aliphatic hydroxyl groups is 1. The van der Waals surface area contributed by atoms with Crippen LogP contribution in [-0.4, -0.2) is 31.9 Å². The molecule has 5 heteroatoms. The van der Waals surface area contributed by atoms with E-state index in [1.165, 1.54) is 11.2 Å². The maximum absolute atomic E-state index is 12.5. The molecule has 0 aliphatic carbocycles. The monoisotopic (exact) mass is 293 g/mol. The van der Waals surface area contributed by atoms with Crippen LogP contribution in [0.5, 0.6) is 0 Å². The summed E-state index contributed by atoms with van der Waals surface area (Å²) in [6, 6.07) is 13.3. The van der Waals surface area contributed by atoms with E-state index >= 15 is 0 Å². The Kier molecular flexibility index (Phi) is 4.30. The van der Waals surface area contributed by atoms with Crippen molar-refractivity contribution < 1.29 is 13.5 Å². The number of hydrogen-bond donors (Lipinski definition) is 1. The molecule has 0 heterocycles. The van der Waals surface area contributed by atoms with Gasteiger partial charge in [0.25, 0.3) is 0 Å². The fourth-order valence-corrected chi connectivity index (χ4v) is 3.64. The van der Waals surface area contributed by atoms with E-state index in [-0.39, 0.29) is 6.61 Å². The van der Waals surface area contributed by atoms with Crippen LogP contribution in [0.1, 0.15) is 13.8 Å². The third-order valence-corrected chi connectivity index (χ3v) is 5.63. The predicted molar refractivity (Wildman–Crippen MR) is 82.4 cm³/mol. The lowest BCUT2D eigenvalue weighted by Crippen LogP contribution is -2.39. The molecule has 4 nitrogen and oxygen atoms in total. The number of benzene rings is 2. The molecule has 0 fully saturated rings. The van der Waals surface area contributed by atoms with Crippen LogP contribution in [0.2, 0.25) is 0 Å². The fourth-order valence-electron chi connectivity index (χ4n) is 2.22. The van der Waals surface area contributed by atoms with E-state index in [1.54, 1.807) is 13.0 Å². The van der Waals surface area contributed by atoms with Crippen LogP contribution >= 0.6 is 0 Å². The average molecular weight is 293 g/mol. The Morgan fingerprint density at radius 2 is 1.80 bits per heavy atom. The summed E-state index contributed by atoms with van der Waals surface area (Å²) in [6.45, 7) is 3.26. The second-order valence-electron chi connectivity index (χ2n) is 4.70. The van der Waals surface area contributed by atoms with Crippen molar-refractivity contribution in [2.45, 2.75) is 19.1 Å². The number of sulfonamides is 1. The highest BCUT2D eigenvalue weighted by Gasteiger charge is 2.28. The highest BCUT2D eigenvalue weighted by Crippen LogP contribution is 2.29. The molecule has 1 N–H and O–H groups in total. The van der Waals surface area contributed by atoms with E-state index in [1.807, 2.05) is 36.4 Å². The summed E-state index contributed by atoms with van der Waals surface area (Å²) in [5.74, 6) is 0. The van der Waals surface area contributed by atoms with E-state index in [2.05, 4.69) is 0 Å². The molecule has 0 aliphatic heterocycles. The van der Waals surface area contributed by atoms with Gasteiger partial charge >= 0.3 is 0 Å². The number of aliphatic hydroxyl groups excluding tert-OH is 1. The zero-order chi connectivity index (χ0) is 14.8. The van der Waals surface area contributed by atoms with Crippen molar-refractivity contribution in [3.05, 3.63) is 42.5 Å². The van der Waals surface area contributed by atoms with Crippen molar-refractivity contribution in [3.63, 3.8) is 0 Å². The third-order valence-electron chi connectivity index (χ3n) is 3.40. The Labute approximate surface area is 119 Å². The van der Waals surface area contributed by atoms with Crippen LogP contribution in [-0.2, 0) is 10.0 Å². The highest BCUT2D eigenvalue weighted by molar-refractivity contribution is 7.93. The van der Waals surface area contributed by atoms with Crippen LogP contribution < -0.4 is 4.31 Å². The number of fused-ring (bicyclic) bond motifs is 1. The molecule has 2 rings (SSSR count). The first-order valence-corrected chi connectivity index (χ1v) is 8.12. The summed E-state index contributed by atoms with van der Waals surface area (Å²) in [5.41, 5.74) is 0.658. The zero-order valence-corrected chi connectivity index (χ0v) is 12.5. The largest absolute Gasteiger partial charge is 0.395 e. The second kappa shape index (κ2) is 5.81. The van der Waals surface area contributed by atoms with Gasteiger partial charge in [-0.1, -0.05) is 36.4 Å². The summed E-state index contributed by atoms with van der Waals surface area (Å²) in [7, 11) is -3.56. The van der Waals surface area contributed by atoms with Gasteiger partial charge in [-0.2, -0.15) is 0 Å². The van der Waals surface area contributed by atoms with Crippen molar-refractivity contribution in [2.75, 3.05) is 17.5 Å². The molecule has 1 atom stereocenters. The van der Waals surface area contributed by atoms with Crippen molar-refractivity contribution in [3.8, 4) is 0 Å². The van der Waals surface area contributed by atoms with E-state index in [9.17, 15) is 8.42 Å². The van der Waals surface area contributed by atoms with Crippen LogP contribution in [0, 0.1) is 0 Å². The number of anilines is 1. The van der Waals surface area contributed by atoms with Gasteiger partial charge in [-0.05, 0) is 25.3 Å². The Bertz CT molecular complexity index is 692. The third kappa shape index (κ3) is 2.51. The van der Waals surface area contributed by atoms with Gasteiger partial charge in [0.05, 0.1) is 12.3 Å². The van der Waals surface area contributed by atoms with Gasteiger partial charge in [0.2, 0.25) is 10.0 Å². The smallest absolute Gasteiger partial charge is 0.240 e. The van der Waals surface area contributed by atoms with E-state index in [4.69, 9.17) is 5.11 Å². The first kappa shape index (κ1) is 14.8. The lowest BCUT2D eigenvalue weighted by atomic mass is 10.1.